The Morgan fingerprint density at radius 3 is 2.65 bits per heavy atom. The third-order valence-electron chi connectivity index (χ3n) is 2.50. The van der Waals surface area contributed by atoms with Crippen molar-refractivity contribution in [1.82, 2.24) is 14.8 Å². The average molecular weight is 237 g/mol. The molecular weight excluding hydrogens is 218 g/mol. The third kappa shape index (κ3) is 3.41. The molecule has 5 heteroatoms. The average Bonchev–Trinajstić information content (AvgIpc) is 2.77. The molecule has 0 aromatic carbocycles. The van der Waals surface area contributed by atoms with Crippen LogP contribution in [-0.4, -0.2) is 27.8 Å². The fourth-order valence-corrected chi connectivity index (χ4v) is 1.45. The highest BCUT2D eigenvalue weighted by atomic mass is 16.5. The van der Waals surface area contributed by atoms with Gasteiger partial charge in [0.25, 0.3) is 0 Å². The lowest BCUT2D eigenvalue weighted by atomic mass is 10.3. The molecule has 0 aliphatic carbocycles. The lowest BCUT2D eigenvalue weighted by Crippen LogP contribution is -2.07. The molecule has 1 aromatic heterocycles. The summed E-state index contributed by atoms with van der Waals surface area (Å²) in [5, 5.41) is 4.37. The quantitative estimate of drug-likeness (QED) is 0.575. The van der Waals surface area contributed by atoms with E-state index < -0.39 is 0 Å². The molecule has 0 N–H and O–H groups in total. The van der Waals surface area contributed by atoms with Crippen LogP contribution in [0.3, 0.4) is 0 Å². The zero-order chi connectivity index (χ0) is 12.8. The summed E-state index contributed by atoms with van der Waals surface area (Å²) in [6.45, 7) is 6.34. The van der Waals surface area contributed by atoms with Crippen molar-refractivity contribution in [3.05, 3.63) is 23.3 Å². The van der Waals surface area contributed by atoms with Crippen molar-refractivity contribution in [1.29, 1.82) is 0 Å². The van der Waals surface area contributed by atoms with Crippen LogP contribution in [0.5, 0.6) is 0 Å². The summed E-state index contributed by atoms with van der Waals surface area (Å²) >= 11 is 0. The minimum absolute atomic E-state index is 0.307. The number of hydrogen-bond acceptors (Lipinski definition) is 4. The van der Waals surface area contributed by atoms with E-state index in [1.165, 1.54) is 7.11 Å². The summed E-state index contributed by atoms with van der Waals surface area (Å²) in [6, 6.07) is 0. The summed E-state index contributed by atoms with van der Waals surface area (Å²) in [4.78, 5) is 15.6. The molecule has 0 amide bonds. The number of carbonyl (C=O) groups is 1. The van der Waals surface area contributed by atoms with E-state index in [0.29, 0.717) is 12.1 Å². The SMILES string of the molecule is CCc1nc(CC)n(CC=C(C)C(=O)OC)n1. The minimum atomic E-state index is -0.307. The van der Waals surface area contributed by atoms with Gasteiger partial charge in [-0.25, -0.2) is 14.5 Å². The second kappa shape index (κ2) is 6.18. The van der Waals surface area contributed by atoms with E-state index in [9.17, 15) is 4.79 Å². The minimum Gasteiger partial charge on any atom is -0.466 e. The Kier molecular flexibility index (Phi) is 4.87. The second-order valence-electron chi connectivity index (χ2n) is 3.71. The number of hydrogen-bond donors (Lipinski definition) is 0. The standard InChI is InChI=1S/C12H19N3O2/c1-5-10-13-11(6-2)15(14-10)8-7-9(3)12(16)17-4/h7H,5-6,8H2,1-4H3. The highest BCUT2D eigenvalue weighted by Crippen LogP contribution is 2.03. The number of methoxy groups -OCH3 is 1. The third-order valence-corrected chi connectivity index (χ3v) is 2.50. The van der Waals surface area contributed by atoms with E-state index in [1.54, 1.807) is 13.0 Å². The van der Waals surface area contributed by atoms with Crippen LogP contribution in [0, 0.1) is 0 Å². The number of nitrogens with zero attached hydrogens (tertiary/aromatic N) is 3. The Balaban J connectivity index is 2.80. The van der Waals surface area contributed by atoms with Crippen molar-refractivity contribution in [2.75, 3.05) is 7.11 Å². The summed E-state index contributed by atoms with van der Waals surface area (Å²) in [6.07, 6.45) is 3.46. The normalized spacial score (nSPS) is 11.6. The largest absolute Gasteiger partial charge is 0.466 e. The lowest BCUT2D eigenvalue weighted by Gasteiger charge is -2.01. The Hall–Kier alpha value is -1.65. The molecule has 0 fully saturated rings. The first-order chi connectivity index (χ1) is 8.12. The highest BCUT2D eigenvalue weighted by Gasteiger charge is 2.07. The summed E-state index contributed by atoms with van der Waals surface area (Å²) in [5.74, 6) is 1.47. The molecule has 0 atom stereocenters. The van der Waals surface area contributed by atoms with Crippen LogP contribution < -0.4 is 0 Å². The lowest BCUT2D eigenvalue weighted by molar-refractivity contribution is -0.136. The predicted octanol–water partition coefficient (Wildman–Crippen LogP) is 1.52. The van der Waals surface area contributed by atoms with Gasteiger partial charge < -0.3 is 4.74 Å². The maximum absolute atomic E-state index is 11.2. The van der Waals surface area contributed by atoms with E-state index in [-0.39, 0.29) is 5.97 Å². The van der Waals surface area contributed by atoms with E-state index in [2.05, 4.69) is 14.8 Å². The maximum atomic E-state index is 11.2. The number of ether oxygens (including phenoxy) is 1. The van der Waals surface area contributed by atoms with Gasteiger partial charge in [0.05, 0.1) is 13.7 Å². The zero-order valence-corrected chi connectivity index (χ0v) is 10.9. The second-order valence-corrected chi connectivity index (χ2v) is 3.71. The number of aryl methyl sites for hydroxylation is 2. The number of allylic oxidation sites excluding steroid dienone is 1. The molecule has 0 aliphatic heterocycles. The molecule has 0 bridgehead atoms. The van der Waals surface area contributed by atoms with Crippen LogP contribution in [0.1, 0.15) is 32.4 Å². The molecule has 94 valence electrons. The van der Waals surface area contributed by atoms with E-state index in [4.69, 9.17) is 0 Å². The number of carbonyl (C=O) groups excluding carboxylic acids is 1. The Bertz CT molecular complexity index is 421. The Morgan fingerprint density at radius 1 is 1.41 bits per heavy atom. The monoisotopic (exact) mass is 237 g/mol. The van der Waals surface area contributed by atoms with Gasteiger partial charge in [-0.15, -0.1) is 0 Å². The summed E-state index contributed by atoms with van der Waals surface area (Å²) in [5.41, 5.74) is 0.586. The molecule has 5 nitrogen and oxygen atoms in total. The molecule has 0 saturated heterocycles. The van der Waals surface area contributed by atoms with E-state index >= 15 is 0 Å². The van der Waals surface area contributed by atoms with Crippen molar-refractivity contribution in [2.24, 2.45) is 0 Å². The zero-order valence-electron chi connectivity index (χ0n) is 10.9. The van der Waals surface area contributed by atoms with Crippen LogP contribution in [-0.2, 0) is 28.9 Å². The van der Waals surface area contributed by atoms with Gasteiger partial charge in [-0.2, -0.15) is 5.10 Å². The predicted molar refractivity (Wildman–Crippen MR) is 64.6 cm³/mol. The van der Waals surface area contributed by atoms with Crippen LogP contribution in [0.25, 0.3) is 0 Å². The summed E-state index contributed by atoms with van der Waals surface area (Å²) in [7, 11) is 1.38. The fourth-order valence-electron chi connectivity index (χ4n) is 1.45. The molecule has 0 radical (unpaired) electrons. The van der Waals surface area contributed by atoms with Crippen LogP contribution in [0.15, 0.2) is 11.6 Å². The Labute approximate surface area is 101 Å². The topological polar surface area (TPSA) is 57.0 Å². The van der Waals surface area contributed by atoms with Gasteiger partial charge in [0.1, 0.15) is 5.82 Å². The van der Waals surface area contributed by atoms with Gasteiger partial charge in [0, 0.05) is 18.4 Å². The van der Waals surface area contributed by atoms with Gasteiger partial charge in [0.2, 0.25) is 0 Å². The molecule has 0 saturated carbocycles. The number of rotatable bonds is 5. The molecule has 17 heavy (non-hydrogen) atoms. The molecule has 1 aromatic rings. The smallest absolute Gasteiger partial charge is 0.333 e. The molecular formula is C12H19N3O2. The summed E-state index contributed by atoms with van der Waals surface area (Å²) < 4.78 is 6.46. The first-order valence-electron chi connectivity index (χ1n) is 5.80. The first-order valence-corrected chi connectivity index (χ1v) is 5.80. The van der Waals surface area contributed by atoms with Crippen molar-refractivity contribution in [2.45, 2.75) is 40.2 Å². The van der Waals surface area contributed by atoms with Crippen molar-refractivity contribution in [3.8, 4) is 0 Å². The van der Waals surface area contributed by atoms with Gasteiger partial charge in [-0.05, 0) is 6.92 Å². The Morgan fingerprint density at radius 2 is 2.12 bits per heavy atom. The van der Waals surface area contributed by atoms with Gasteiger partial charge in [-0.3, -0.25) is 0 Å². The molecule has 0 spiro atoms. The molecule has 1 heterocycles. The van der Waals surface area contributed by atoms with Crippen LogP contribution in [0.4, 0.5) is 0 Å². The molecule has 0 aliphatic rings. The van der Waals surface area contributed by atoms with Gasteiger partial charge >= 0.3 is 5.97 Å². The van der Waals surface area contributed by atoms with E-state index in [1.807, 2.05) is 18.5 Å². The van der Waals surface area contributed by atoms with Crippen LogP contribution in [0.2, 0.25) is 0 Å². The first kappa shape index (κ1) is 13.4. The van der Waals surface area contributed by atoms with Gasteiger partial charge in [0.15, 0.2) is 5.82 Å². The van der Waals surface area contributed by atoms with Crippen molar-refractivity contribution in [3.63, 3.8) is 0 Å². The van der Waals surface area contributed by atoms with E-state index in [0.717, 1.165) is 24.5 Å². The number of esters is 1. The van der Waals surface area contributed by atoms with Gasteiger partial charge in [-0.1, -0.05) is 19.9 Å². The van der Waals surface area contributed by atoms with Crippen molar-refractivity contribution < 1.29 is 9.53 Å². The highest BCUT2D eigenvalue weighted by molar-refractivity contribution is 5.87. The van der Waals surface area contributed by atoms with Crippen molar-refractivity contribution >= 4 is 5.97 Å². The fraction of sp³-hybridized carbons (Fsp3) is 0.583. The van der Waals surface area contributed by atoms with Crippen LogP contribution >= 0.6 is 0 Å². The molecule has 0 unspecified atom stereocenters. The maximum Gasteiger partial charge on any atom is 0.333 e. The number of aromatic nitrogens is 3. The molecule has 1 rings (SSSR count).